The lowest BCUT2D eigenvalue weighted by atomic mass is 10.2. The maximum atomic E-state index is 12.4. The van der Waals surface area contributed by atoms with Crippen LogP contribution in [0.4, 0.5) is 13.2 Å². The average molecular weight is 379 g/mol. The topological polar surface area (TPSA) is 42.4 Å². The summed E-state index contributed by atoms with van der Waals surface area (Å²) < 4.78 is 40.9. The zero-order valence-electron chi connectivity index (χ0n) is 12.9. The molecule has 0 atom stereocenters. The lowest BCUT2D eigenvalue weighted by molar-refractivity contribution is -0.154. The van der Waals surface area contributed by atoms with Gasteiger partial charge in [0, 0.05) is 18.1 Å². The quantitative estimate of drug-likeness (QED) is 0.778. The number of ether oxygens (including phenoxy) is 1. The summed E-state index contributed by atoms with van der Waals surface area (Å²) in [5.41, 5.74) is 1.27. The Morgan fingerprint density at radius 3 is 2.71 bits per heavy atom. The highest BCUT2D eigenvalue weighted by Gasteiger charge is 2.29. The van der Waals surface area contributed by atoms with Crippen LogP contribution in [-0.2, 0) is 6.54 Å². The molecule has 0 unspecified atom stereocenters. The lowest BCUT2D eigenvalue weighted by Crippen LogP contribution is -2.26. The largest absolute Gasteiger partial charge is 0.467 e. The molecule has 2 heterocycles. The third-order valence-corrected chi connectivity index (χ3v) is 4.40. The van der Waals surface area contributed by atoms with Crippen LogP contribution < -0.4 is 4.74 Å². The smallest absolute Gasteiger partial charge is 0.422 e. The van der Waals surface area contributed by atoms with Gasteiger partial charge in [0.25, 0.3) is 5.91 Å². The summed E-state index contributed by atoms with van der Waals surface area (Å²) in [6.07, 6.45) is -3.34. The number of carbonyl (C=O) groups excluding carboxylic acids is 1. The van der Waals surface area contributed by atoms with E-state index < -0.39 is 12.8 Å². The Balaban J connectivity index is 2.07. The van der Waals surface area contributed by atoms with E-state index in [1.54, 1.807) is 18.4 Å². The minimum absolute atomic E-state index is 0.147. The van der Waals surface area contributed by atoms with Crippen LogP contribution in [0.5, 0.6) is 5.88 Å². The molecule has 0 saturated heterocycles. The number of aryl methyl sites for hydroxylation is 1. The van der Waals surface area contributed by atoms with Crippen molar-refractivity contribution in [1.29, 1.82) is 0 Å². The second kappa shape index (κ2) is 7.40. The van der Waals surface area contributed by atoms with Crippen molar-refractivity contribution in [3.05, 3.63) is 44.7 Å². The Hall–Kier alpha value is -1.80. The van der Waals surface area contributed by atoms with E-state index in [4.69, 9.17) is 11.6 Å². The second-order valence-corrected chi connectivity index (χ2v) is 6.51. The molecule has 4 nitrogen and oxygen atoms in total. The van der Waals surface area contributed by atoms with Crippen molar-refractivity contribution < 1.29 is 22.7 Å². The maximum Gasteiger partial charge on any atom is 0.422 e. The van der Waals surface area contributed by atoms with Crippen LogP contribution in [0, 0.1) is 6.92 Å². The summed E-state index contributed by atoms with van der Waals surface area (Å²) >= 11 is 7.39. The fourth-order valence-electron chi connectivity index (χ4n) is 1.87. The molecule has 2 rings (SSSR count). The van der Waals surface area contributed by atoms with Crippen LogP contribution in [0.2, 0.25) is 5.02 Å². The molecular formula is C15H14ClF3N2O2S. The van der Waals surface area contributed by atoms with Gasteiger partial charge in [-0.25, -0.2) is 4.98 Å². The number of amides is 1. The first-order valence-electron chi connectivity index (χ1n) is 6.81. The molecule has 0 N–H and O–H groups in total. The molecule has 0 aromatic carbocycles. The first kappa shape index (κ1) is 18.5. The van der Waals surface area contributed by atoms with Gasteiger partial charge in [-0.3, -0.25) is 4.79 Å². The predicted molar refractivity (Wildman–Crippen MR) is 85.7 cm³/mol. The molecule has 0 saturated carbocycles. The van der Waals surface area contributed by atoms with Crippen LogP contribution in [0.25, 0.3) is 0 Å². The van der Waals surface area contributed by atoms with Gasteiger partial charge in [-0.1, -0.05) is 11.6 Å². The van der Waals surface area contributed by atoms with Crippen LogP contribution in [0.15, 0.2) is 23.7 Å². The molecule has 9 heteroatoms. The fourth-order valence-corrected chi connectivity index (χ4v) is 3.05. The van der Waals surface area contributed by atoms with Gasteiger partial charge >= 0.3 is 6.18 Å². The third-order valence-electron chi connectivity index (χ3n) is 3.12. The SMILES string of the molecule is Cc1ccsc1CN(C)C(=O)c1cnc(OCC(F)(F)F)c(Cl)c1. The summed E-state index contributed by atoms with van der Waals surface area (Å²) in [5, 5.41) is 1.79. The van der Waals surface area contributed by atoms with E-state index >= 15 is 0 Å². The highest BCUT2D eigenvalue weighted by Crippen LogP contribution is 2.26. The van der Waals surface area contributed by atoms with Gasteiger partial charge in [0.15, 0.2) is 6.61 Å². The normalized spacial score (nSPS) is 11.4. The molecule has 24 heavy (non-hydrogen) atoms. The fraction of sp³-hybridized carbons (Fsp3) is 0.333. The summed E-state index contributed by atoms with van der Waals surface area (Å²) in [6, 6.07) is 3.21. The van der Waals surface area contributed by atoms with Crippen LogP contribution in [0.1, 0.15) is 20.8 Å². The number of aromatic nitrogens is 1. The number of nitrogens with zero attached hydrogens (tertiary/aromatic N) is 2. The van der Waals surface area contributed by atoms with Crippen LogP contribution in [-0.4, -0.2) is 35.6 Å². The first-order chi connectivity index (χ1) is 11.2. The number of halogens is 4. The molecule has 0 bridgehead atoms. The zero-order chi connectivity index (χ0) is 17.9. The Kier molecular flexibility index (Phi) is 5.71. The van der Waals surface area contributed by atoms with Crippen molar-refractivity contribution in [2.45, 2.75) is 19.6 Å². The Labute approximate surface area is 145 Å². The van der Waals surface area contributed by atoms with Crippen molar-refractivity contribution >= 4 is 28.8 Å². The van der Waals surface area contributed by atoms with Gasteiger partial charge in [-0.05, 0) is 30.0 Å². The molecule has 2 aromatic rings. The number of rotatable bonds is 5. The predicted octanol–water partition coefficient (Wildman–Crippen LogP) is 4.32. The van der Waals surface area contributed by atoms with Gasteiger partial charge in [-0.2, -0.15) is 13.2 Å². The molecular weight excluding hydrogens is 365 g/mol. The van der Waals surface area contributed by atoms with E-state index in [1.165, 1.54) is 11.0 Å². The Bertz CT molecular complexity index is 734. The number of thiophene rings is 1. The first-order valence-corrected chi connectivity index (χ1v) is 8.06. The minimum Gasteiger partial charge on any atom is -0.467 e. The molecule has 0 aliphatic rings. The van der Waals surface area contributed by atoms with E-state index in [2.05, 4.69) is 9.72 Å². The van der Waals surface area contributed by atoms with Gasteiger partial charge < -0.3 is 9.64 Å². The zero-order valence-corrected chi connectivity index (χ0v) is 14.4. The molecule has 0 radical (unpaired) electrons. The molecule has 0 aliphatic carbocycles. The average Bonchev–Trinajstić information content (AvgIpc) is 2.89. The monoisotopic (exact) mass is 378 g/mol. The standard InChI is InChI=1S/C15H14ClF3N2O2S/c1-9-3-4-24-12(9)7-21(2)14(22)10-5-11(16)13(20-6-10)23-8-15(17,18)19/h3-6H,7-8H2,1-2H3. The van der Waals surface area contributed by atoms with Gasteiger partial charge in [0.1, 0.15) is 5.02 Å². The summed E-state index contributed by atoms with van der Waals surface area (Å²) in [5.74, 6) is -0.693. The van der Waals surface area contributed by atoms with Crippen molar-refractivity contribution in [2.24, 2.45) is 0 Å². The number of carbonyl (C=O) groups is 1. The Morgan fingerprint density at radius 2 is 2.17 bits per heavy atom. The van der Waals surface area contributed by atoms with Crippen molar-refractivity contribution in [3.8, 4) is 5.88 Å². The number of hydrogen-bond donors (Lipinski definition) is 0. The van der Waals surface area contributed by atoms with Gasteiger partial charge in [-0.15, -0.1) is 11.3 Å². The number of pyridine rings is 1. The van der Waals surface area contributed by atoms with E-state index in [0.29, 0.717) is 6.54 Å². The maximum absolute atomic E-state index is 12.4. The third kappa shape index (κ3) is 4.85. The van der Waals surface area contributed by atoms with Crippen LogP contribution >= 0.6 is 22.9 Å². The summed E-state index contributed by atoms with van der Waals surface area (Å²) in [7, 11) is 1.63. The molecule has 1 amide bonds. The number of hydrogen-bond acceptors (Lipinski definition) is 4. The summed E-state index contributed by atoms with van der Waals surface area (Å²) in [4.78, 5) is 18.6. The van der Waals surface area contributed by atoms with E-state index in [-0.39, 0.29) is 22.4 Å². The lowest BCUT2D eigenvalue weighted by Gasteiger charge is -2.17. The molecule has 0 fully saturated rings. The molecule has 0 spiro atoms. The van der Waals surface area contributed by atoms with Gasteiger partial charge in [0.2, 0.25) is 5.88 Å². The van der Waals surface area contributed by atoms with E-state index in [1.807, 2.05) is 18.4 Å². The molecule has 2 aromatic heterocycles. The van der Waals surface area contributed by atoms with Crippen LogP contribution in [0.3, 0.4) is 0 Å². The van der Waals surface area contributed by atoms with Crippen molar-refractivity contribution in [2.75, 3.05) is 13.7 Å². The highest BCUT2D eigenvalue weighted by molar-refractivity contribution is 7.10. The molecule has 130 valence electrons. The highest BCUT2D eigenvalue weighted by atomic mass is 35.5. The van der Waals surface area contributed by atoms with Crippen molar-refractivity contribution in [3.63, 3.8) is 0 Å². The minimum atomic E-state index is -4.49. The molecule has 0 aliphatic heterocycles. The van der Waals surface area contributed by atoms with Gasteiger partial charge in [0.05, 0.1) is 12.1 Å². The van der Waals surface area contributed by atoms with E-state index in [9.17, 15) is 18.0 Å². The summed E-state index contributed by atoms with van der Waals surface area (Å²) in [6.45, 7) is 0.881. The second-order valence-electron chi connectivity index (χ2n) is 5.10. The number of alkyl halides is 3. The Morgan fingerprint density at radius 1 is 1.46 bits per heavy atom. The van der Waals surface area contributed by atoms with Crippen molar-refractivity contribution in [1.82, 2.24) is 9.88 Å². The van der Waals surface area contributed by atoms with E-state index in [0.717, 1.165) is 16.6 Å².